The fraction of sp³-hybridized carbons (Fsp3) is 0.172. The molecule has 2 N–H and O–H groups in total. The molecule has 0 fully saturated rings. The van der Waals surface area contributed by atoms with E-state index >= 15 is 0 Å². The highest BCUT2D eigenvalue weighted by molar-refractivity contribution is 7.17. The normalized spacial score (nSPS) is 11.9. The van der Waals surface area contributed by atoms with Crippen LogP contribution in [-0.2, 0) is 16.1 Å². The highest BCUT2D eigenvalue weighted by atomic mass is 32.1. The summed E-state index contributed by atoms with van der Waals surface area (Å²) in [7, 11) is 0. The van der Waals surface area contributed by atoms with Crippen molar-refractivity contribution in [2.24, 2.45) is 0 Å². The van der Waals surface area contributed by atoms with Crippen LogP contribution in [0.15, 0.2) is 85.1 Å². The van der Waals surface area contributed by atoms with Gasteiger partial charge in [0.15, 0.2) is 5.13 Å². The molecule has 1 aromatic heterocycles. The molecule has 1 aliphatic rings. The van der Waals surface area contributed by atoms with E-state index in [2.05, 4.69) is 22.4 Å². The number of fused-ring (bicyclic) bond motifs is 3. The highest BCUT2D eigenvalue weighted by Gasteiger charge is 2.29. The zero-order valence-electron chi connectivity index (χ0n) is 20.4. The van der Waals surface area contributed by atoms with Gasteiger partial charge in [-0.05, 0) is 27.8 Å². The molecule has 3 aromatic carbocycles. The molecule has 9 heteroatoms. The number of hydrogen-bond acceptors (Lipinski definition) is 6. The van der Waals surface area contributed by atoms with Crippen LogP contribution in [0.1, 0.15) is 38.7 Å². The summed E-state index contributed by atoms with van der Waals surface area (Å²) in [5.74, 6) is -1.41. The molecule has 0 saturated heterocycles. The second kappa shape index (κ2) is 11.3. The third-order valence-electron chi connectivity index (χ3n) is 6.37. The number of nitrogens with zero attached hydrogens (tertiary/aromatic N) is 2. The molecule has 38 heavy (non-hydrogen) atoms. The van der Waals surface area contributed by atoms with Crippen molar-refractivity contribution in [1.29, 1.82) is 0 Å². The van der Waals surface area contributed by atoms with E-state index in [0.717, 1.165) is 39.2 Å². The Kier molecular flexibility index (Phi) is 7.46. The number of ether oxygens (including phenoxy) is 1. The number of aliphatic carboxylic acids is 1. The summed E-state index contributed by atoms with van der Waals surface area (Å²) >= 11 is 1.02. The summed E-state index contributed by atoms with van der Waals surface area (Å²) in [6.45, 7) is 0.479. The molecule has 4 aromatic rings. The van der Waals surface area contributed by atoms with E-state index in [-0.39, 0.29) is 43.1 Å². The zero-order valence-corrected chi connectivity index (χ0v) is 21.2. The Morgan fingerprint density at radius 2 is 1.55 bits per heavy atom. The quantitative estimate of drug-likeness (QED) is 0.292. The van der Waals surface area contributed by atoms with E-state index in [0.29, 0.717) is 4.88 Å². The minimum Gasteiger partial charge on any atom is -0.481 e. The highest BCUT2D eigenvalue weighted by Crippen LogP contribution is 2.44. The first-order valence-electron chi connectivity index (χ1n) is 12.1. The first kappa shape index (κ1) is 25.2. The number of aromatic nitrogens is 1. The zero-order chi connectivity index (χ0) is 26.5. The molecule has 0 unspecified atom stereocenters. The van der Waals surface area contributed by atoms with E-state index < -0.39 is 12.1 Å². The maximum atomic E-state index is 13.2. The van der Waals surface area contributed by atoms with Crippen LogP contribution in [0.5, 0.6) is 0 Å². The molecule has 0 spiro atoms. The molecule has 0 atom stereocenters. The summed E-state index contributed by atoms with van der Waals surface area (Å²) in [5, 5.41) is 11.9. The van der Waals surface area contributed by atoms with Crippen LogP contribution in [0.25, 0.3) is 11.1 Å². The van der Waals surface area contributed by atoms with Gasteiger partial charge >= 0.3 is 12.1 Å². The lowest BCUT2D eigenvalue weighted by atomic mass is 9.98. The van der Waals surface area contributed by atoms with E-state index in [4.69, 9.17) is 9.84 Å². The Bertz CT molecular complexity index is 1420. The summed E-state index contributed by atoms with van der Waals surface area (Å²) in [5.41, 5.74) is 5.39. The average Bonchev–Trinajstić information content (AvgIpc) is 3.52. The molecule has 0 aliphatic heterocycles. The second-order valence-electron chi connectivity index (χ2n) is 8.84. The molecule has 0 saturated carbocycles. The number of thiazole rings is 1. The number of carbonyl (C=O) groups is 3. The first-order valence-corrected chi connectivity index (χ1v) is 12.9. The third-order valence-corrected chi connectivity index (χ3v) is 7.27. The van der Waals surface area contributed by atoms with Gasteiger partial charge in [0, 0.05) is 19.0 Å². The number of carboxylic acids is 1. The third kappa shape index (κ3) is 5.57. The van der Waals surface area contributed by atoms with Crippen molar-refractivity contribution < 1.29 is 24.2 Å². The average molecular weight is 528 g/mol. The summed E-state index contributed by atoms with van der Waals surface area (Å²) in [4.78, 5) is 42.8. The predicted molar refractivity (Wildman–Crippen MR) is 144 cm³/mol. The molecule has 1 aliphatic carbocycles. The van der Waals surface area contributed by atoms with Crippen molar-refractivity contribution in [3.63, 3.8) is 0 Å². The number of carbonyl (C=O) groups excluding carboxylic acids is 2. The van der Waals surface area contributed by atoms with Gasteiger partial charge in [-0.1, -0.05) is 90.2 Å². The summed E-state index contributed by atoms with van der Waals surface area (Å²) < 4.78 is 5.56. The van der Waals surface area contributed by atoms with Gasteiger partial charge < -0.3 is 14.7 Å². The van der Waals surface area contributed by atoms with Gasteiger partial charge in [0.2, 0.25) is 0 Å². The minimum atomic E-state index is -0.988. The number of nitrogens with one attached hydrogen (secondary N) is 1. The van der Waals surface area contributed by atoms with E-state index in [1.54, 1.807) is 0 Å². The van der Waals surface area contributed by atoms with Crippen molar-refractivity contribution >= 4 is 34.4 Å². The van der Waals surface area contributed by atoms with Crippen molar-refractivity contribution in [3.05, 3.63) is 107 Å². The van der Waals surface area contributed by atoms with Gasteiger partial charge in [0.25, 0.3) is 5.91 Å². The van der Waals surface area contributed by atoms with Crippen LogP contribution in [0.4, 0.5) is 9.93 Å². The van der Waals surface area contributed by atoms with Crippen LogP contribution in [0.2, 0.25) is 0 Å². The van der Waals surface area contributed by atoms with Crippen LogP contribution in [-0.4, -0.2) is 46.1 Å². The Hall–Kier alpha value is -4.50. The number of carboxylic acid groups (broad SMARTS) is 1. The Balaban J connectivity index is 1.22. The monoisotopic (exact) mass is 527 g/mol. The minimum absolute atomic E-state index is 0.0517. The van der Waals surface area contributed by atoms with Crippen molar-refractivity contribution in [1.82, 2.24) is 9.88 Å². The molecule has 8 nitrogen and oxygen atoms in total. The smallest absolute Gasteiger partial charge is 0.413 e. The van der Waals surface area contributed by atoms with E-state index in [9.17, 15) is 14.4 Å². The second-order valence-corrected chi connectivity index (χ2v) is 9.87. The van der Waals surface area contributed by atoms with Crippen LogP contribution in [0, 0.1) is 0 Å². The summed E-state index contributed by atoms with van der Waals surface area (Å²) in [6, 6.07) is 25.5. The van der Waals surface area contributed by atoms with E-state index in [1.165, 1.54) is 11.1 Å². The number of amides is 2. The fourth-order valence-electron chi connectivity index (χ4n) is 4.60. The summed E-state index contributed by atoms with van der Waals surface area (Å²) in [6.07, 6.45) is 0.541. The van der Waals surface area contributed by atoms with Gasteiger partial charge in [0.1, 0.15) is 11.5 Å². The molecule has 5 rings (SSSR count). The Labute approximate surface area is 223 Å². The van der Waals surface area contributed by atoms with Gasteiger partial charge in [0.05, 0.1) is 12.6 Å². The standard InChI is InChI=1S/C29H25N3O5S/c33-26(34)14-15-32(17-19-8-2-1-3-9-19)27(35)25-16-30-28(38-25)31-29(36)37-18-24-22-12-6-4-10-20(22)21-11-5-7-13-23(21)24/h1-13,16,24H,14-15,17-18H2,(H,33,34)(H,30,31,36). The SMILES string of the molecule is O=C(O)CCN(Cc1ccccc1)C(=O)c1cnc(NC(=O)OCC2c3ccccc3-c3ccccc32)s1. The molecule has 192 valence electrons. The molecule has 1 heterocycles. The molecular formula is C29H25N3O5S. The lowest BCUT2D eigenvalue weighted by molar-refractivity contribution is -0.137. The van der Waals surface area contributed by atoms with Crippen LogP contribution >= 0.6 is 11.3 Å². The van der Waals surface area contributed by atoms with Gasteiger partial charge in [-0.2, -0.15) is 0 Å². The topological polar surface area (TPSA) is 109 Å². The van der Waals surface area contributed by atoms with Gasteiger partial charge in [-0.3, -0.25) is 14.9 Å². The predicted octanol–water partition coefficient (Wildman–Crippen LogP) is 5.62. The molecule has 2 amide bonds. The number of rotatable bonds is 9. The van der Waals surface area contributed by atoms with Crippen LogP contribution in [0.3, 0.4) is 0 Å². The molecular weight excluding hydrogens is 502 g/mol. The fourth-order valence-corrected chi connectivity index (χ4v) is 5.37. The van der Waals surface area contributed by atoms with Crippen molar-refractivity contribution in [3.8, 4) is 11.1 Å². The largest absolute Gasteiger partial charge is 0.481 e. The maximum Gasteiger partial charge on any atom is 0.413 e. The Morgan fingerprint density at radius 1 is 0.921 bits per heavy atom. The number of benzene rings is 3. The van der Waals surface area contributed by atoms with Crippen molar-refractivity contribution in [2.75, 3.05) is 18.5 Å². The number of hydrogen-bond donors (Lipinski definition) is 2. The lowest BCUT2D eigenvalue weighted by Crippen LogP contribution is -2.32. The molecule has 0 radical (unpaired) electrons. The van der Waals surface area contributed by atoms with Crippen LogP contribution < -0.4 is 5.32 Å². The Morgan fingerprint density at radius 3 is 2.21 bits per heavy atom. The van der Waals surface area contributed by atoms with Gasteiger partial charge in [-0.15, -0.1) is 0 Å². The van der Waals surface area contributed by atoms with Gasteiger partial charge in [-0.25, -0.2) is 9.78 Å². The first-order chi connectivity index (χ1) is 18.5. The maximum absolute atomic E-state index is 13.2. The van der Waals surface area contributed by atoms with Crippen molar-refractivity contribution in [2.45, 2.75) is 18.9 Å². The lowest BCUT2D eigenvalue weighted by Gasteiger charge is -2.21. The van der Waals surface area contributed by atoms with E-state index in [1.807, 2.05) is 66.7 Å². The molecule has 0 bridgehead atoms. The number of anilines is 1.